The molecule has 1 amide bonds. The first-order valence-electron chi connectivity index (χ1n) is 8.15. The zero-order valence-corrected chi connectivity index (χ0v) is 15.4. The summed E-state index contributed by atoms with van der Waals surface area (Å²) in [5, 5.41) is 10.5. The van der Waals surface area contributed by atoms with Gasteiger partial charge in [-0.2, -0.15) is 5.26 Å². The summed E-state index contributed by atoms with van der Waals surface area (Å²) in [6, 6.07) is 7.97. The van der Waals surface area contributed by atoms with Crippen LogP contribution in [0.3, 0.4) is 0 Å². The van der Waals surface area contributed by atoms with E-state index in [1.807, 2.05) is 32.2 Å². The molecule has 1 aromatic rings. The number of nitrogens with zero attached hydrogens (tertiary/aromatic N) is 3. The molecule has 1 saturated heterocycles. The van der Waals surface area contributed by atoms with Gasteiger partial charge < -0.3 is 9.47 Å². The van der Waals surface area contributed by atoms with Gasteiger partial charge in [0.05, 0.1) is 42.9 Å². The van der Waals surface area contributed by atoms with E-state index in [0.717, 1.165) is 16.5 Å². The molecule has 2 heterocycles. The molecule has 7 heteroatoms. The molecule has 1 aromatic carbocycles. The van der Waals surface area contributed by atoms with Gasteiger partial charge in [0.1, 0.15) is 0 Å². The van der Waals surface area contributed by atoms with Crippen molar-refractivity contribution < 1.29 is 14.3 Å². The van der Waals surface area contributed by atoms with Crippen LogP contribution in [0, 0.1) is 11.3 Å². The van der Waals surface area contributed by atoms with Crippen LogP contribution in [0.2, 0.25) is 0 Å². The van der Waals surface area contributed by atoms with Gasteiger partial charge in [0.2, 0.25) is 5.91 Å². The van der Waals surface area contributed by atoms with Crippen LogP contribution in [-0.4, -0.2) is 49.0 Å². The molecule has 0 spiro atoms. The molecule has 6 nitrogen and oxygen atoms in total. The Morgan fingerprint density at radius 2 is 2.20 bits per heavy atom. The Morgan fingerprint density at radius 3 is 2.88 bits per heavy atom. The largest absolute Gasteiger partial charge is 0.493 e. The molecule has 1 fully saturated rings. The number of hydrogen-bond acceptors (Lipinski definition) is 6. The van der Waals surface area contributed by atoms with E-state index in [4.69, 9.17) is 9.47 Å². The number of benzene rings is 1. The molecular formula is C18H21N3O3S. The van der Waals surface area contributed by atoms with Crippen LogP contribution >= 0.6 is 11.8 Å². The molecule has 3 rings (SSSR count). The molecule has 25 heavy (non-hydrogen) atoms. The van der Waals surface area contributed by atoms with E-state index in [-0.39, 0.29) is 18.2 Å². The van der Waals surface area contributed by atoms with E-state index in [1.54, 1.807) is 23.8 Å². The van der Waals surface area contributed by atoms with Crippen LogP contribution < -0.4 is 9.47 Å². The van der Waals surface area contributed by atoms with E-state index in [9.17, 15) is 10.1 Å². The summed E-state index contributed by atoms with van der Waals surface area (Å²) >= 11 is 1.54. The lowest BCUT2D eigenvalue weighted by Gasteiger charge is -2.40. The van der Waals surface area contributed by atoms with Crippen molar-refractivity contribution in [2.75, 3.05) is 33.3 Å². The van der Waals surface area contributed by atoms with Crippen LogP contribution in [0.15, 0.2) is 28.8 Å². The Hall–Kier alpha value is -2.17. The van der Waals surface area contributed by atoms with Crippen molar-refractivity contribution in [1.82, 2.24) is 9.80 Å². The van der Waals surface area contributed by atoms with E-state index >= 15 is 0 Å². The average molecular weight is 359 g/mol. The summed E-state index contributed by atoms with van der Waals surface area (Å²) in [5.74, 6) is 1.85. The van der Waals surface area contributed by atoms with Gasteiger partial charge in [-0.3, -0.25) is 14.6 Å². The normalized spacial score (nSPS) is 21.0. The number of ether oxygens (including phenoxy) is 2. The maximum absolute atomic E-state index is 12.6. The number of hydrogen-bond donors (Lipinski definition) is 0. The number of methoxy groups -OCH3 is 1. The van der Waals surface area contributed by atoms with Crippen molar-refractivity contribution >= 4 is 17.7 Å². The number of carbonyl (C=O) groups excluding carboxylic acids is 1. The van der Waals surface area contributed by atoms with Crippen molar-refractivity contribution in [3.8, 4) is 17.6 Å². The number of amides is 1. The Morgan fingerprint density at radius 1 is 1.40 bits per heavy atom. The SMILES string of the molecule is CCOc1ccc([C@@H]2CC(=O)N3CN(C)CSC3=C2C#N)cc1OC. The van der Waals surface area contributed by atoms with Gasteiger partial charge in [0.15, 0.2) is 11.5 Å². The van der Waals surface area contributed by atoms with Crippen LogP contribution in [0.25, 0.3) is 0 Å². The molecule has 0 radical (unpaired) electrons. The van der Waals surface area contributed by atoms with Crippen molar-refractivity contribution in [3.05, 3.63) is 34.4 Å². The number of fused-ring (bicyclic) bond motifs is 1. The van der Waals surface area contributed by atoms with Gasteiger partial charge in [-0.1, -0.05) is 17.8 Å². The number of nitriles is 1. The van der Waals surface area contributed by atoms with Crippen molar-refractivity contribution in [2.24, 2.45) is 0 Å². The lowest BCUT2D eigenvalue weighted by atomic mass is 9.86. The number of thioether (sulfide) groups is 1. The second-order valence-electron chi connectivity index (χ2n) is 6.02. The van der Waals surface area contributed by atoms with Gasteiger partial charge in [-0.05, 0) is 31.7 Å². The standard InChI is InChI=1S/C18H21N3O3S/c1-4-24-15-6-5-12(7-16(15)23-3)13-8-17(22)21-10-20(2)11-25-18(21)14(13)9-19/h5-7,13H,4,8,10-11H2,1-3H3/t13-/m0/s1. The van der Waals surface area contributed by atoms with E-state index < -0.39 is 0 Å². The summed E-state index contributed by atoms with van der Waals surface area (Å²) < 4.78 is 11.0. The van der Waals surface area contributed by atoms with Crippen molar-refractivity contribution in [3.63, 3.8) is 0 Å². The minimum atomic E-state index is -0.246. The predicted octanol–water partition coefficient (Wildman–Crippen LogP) is 2.74. The smallest absolute Gasteiger partial charge is 0.229 e. The van der Waals surface area contributed by atoms with E-state index in [1.165, 1.54) is 0 Å². The zero-order chi connectivity index (χ0) is 18.0. The van der Waals surface area contributed by atoms with E-state index in [2.05, 4.69) is 11.0 Å². The third-order valence-electron chi connectivity index (χ3n) is 4.32. The second kappa shape index (κ2) is 7.38. The van der Waals surface area contributed by atoms with Gasteiger partial charge >= 0.3 is 0 Å². The maximum atomic E-state index is 12.6. The average Bonchev–Trinajstić information content (AvgIpc) is 2.62. The number of allylic oxidation sites excluding steroid dienone is 1. The quantitative estimate of drug-likeness (QED) is 0.824. The summed E-state index contributed by atoms with van der Waals surface area (Å²) in [6.45, 7) is 2.99. The fourth-order valence-corrected chi connectivity index (χ4v) is 4.22. The van der Waals surface area contributed by atoms with Crippen LogP contribution in [0.5, 0.6) is 11.5 Å². The molecule has 0 aliphatic carbocycles. The van der Waals surface area contributed by atoms with Crippen molar-refractivity contribution in [2.45, 2.75) is 19.3 Å². The second-order valence-corrected chi connectivity index (χ2v) is 6.96. The Bertz CT molecular complexity index is 756. The number of carbonyl (C=O) groups is 1. The Balaban J connectivity index is 2.01. The minimum absolute atomic E-state index is 0.0471. The van der Waals surface area contributed by atoms with Crippen molar-refractivity contribution in [1.29, 1.82) is 5.26 Å². The molecule has 0 aromatic heterocycles. The molecule has 0 saturated carbocycles. The van der Waals surface area contributed by atoms with Crippen LogP contribution in [-0.2, 0) is 4.79 Å². The Kier molecular flexibility index (Phi) is 5.21. The maximum Gasteiger partial charge on any atom is 0.229 e. The zero-order valence-electron chi connectivity index (χ0n) is 14.6. The molecule has 1 atom stereocenters. The summed E-state index contributed by atoms with van der Waals surface area (Å²) in [6.07, 6.45) is 0.290. The highest BCUT2D eigenvalue weighted by Crippen LogP contribution is 2.43. The first-order chi connectivity index (χ1) is 12.1. The lowest BCUT2D eigenvalue weighted by molar-refractivity contribution is -0.131. The fourth-order valence-electron chi connectivity index (χ4n) is 3.13. The van der Waals surface area contributed by atoms with Gasteiger partial charge in [-0.15, -0.1) is 0 Å². The lowest BCUT2D eigenvalue weighted by Crippen LogP contribution is -2.45. The first kappa shape index (κ1) is 17.6. The highest BCUT2D eigenvalue weighted by molar-refractivity contribution is 8.03. The van der Waals surface area contributed by atoms with Crippen LogP contribution in [0.4, 0.5) is 0 Å². The first-order valence-corrected chi connectivity index (χ1v) is 9.14. The molecule has 132 valence electrons. The van der Waals surface area contributed by atoms with Crippen LogP contribution in [0.1, 0.15) is 24.8 Å². The van der Waals surface area contributed by atoms with Gasteiger partial charge in [0, 0.05) is 12.3 Å². The fraction of sp³-hybridized carbons (Fsp3) is 0.444. The molecule has 0 bridgehead atoms. The Labute approximate surface area is 152 Å². The highest BCUT2D eigenvalue weighted by atomic mass is 32.2. The number of rotatable bonds is 4. The molecule has 2 aliphatic rings. The summed E-state index contributed by atoms with van der Waals surface area (Å²) in [4.78, 5) is 16.4. The molecule has 0 unspecified atom stereocenters. The monoisotopic (exact) mass is 359 g/mol. The highest BCUT2D eigenvalue weighted by Gasteiger charge is 2.37. The summed E-state index contributed by atoms with van der Waals surface area (Å²) in [7, 11) is 3.55. The van der Waals surface area contributed by atoms with Gasteiger partial charge in [0.25, 0.3) is 0 Å². The molecular weight excluding hydrogens is 338 g/mol. The van der Waals surface area contributed by atoms with E-state index in [0.29, 0.717) is 30.3 Å². The third kappa shape index (κ3) is 3.32. The molecule has 2 aliphatic heterocycles. The third-order valence-corrected chi connectivity index (χ3v) is 5.60. The predicted molar refractivity (Wildman–Crippen MR) is 96.1 cm³/mol. The minimum Gasteiger partial charge on any atom is -0.493 e. The topological polar surface area (TPSA) is 65.8 Å². The molecule has 0 N–H and O–H groups in total. The van der Waals surface area contributed by atoms with Gasteiger partial charge in [-0.25, -0.2) is 0 Å². The summed E-state index contributed by atoms with van der Waals surface area (Å²) in [5.41, 5.74) is 1.56.